The number of carbonyl (C=O) groups excluding carboxylic acids is 2. The van der Waals surface area contributed by atoms with Gasteiger partial charge in [-0.05, 0) is 59.5 Å². The summed E-state index contributed by atoms with van der Waals surface area (Å²) in [6.45, 7) is 1.64. The lowest BCUT2D eigenvalue weighted by molar-refractivity contribution is -0.132. The van der Waals surface area contributed by atoms with Gasteiger partial charge in [0.05, 0.1) is 6.21 Å². The third-order valence-corrected chi connectivity index (χ3v) is 6.82. The molecule has 0 aliphatic rings. The molecule has 0 fully saturated rings. The minimum absolute atomic E-state index is 0.0898. The lowest BCUT2D eigenvalue weighted by atomic mass is 10.0. The van der Waals surface area contributed by atoms with Gasteiger partial charge in [-0.25, -0.2) is 5.43 Å². The summed E-state index contributed by atoms with van der Waals surface area (Å²) in [6, 6.07) is 30.8. The Kier molecular flexibility index (Phi) is 9.29. The Morgan fingerprint density at radius 3 is 2.33 bits per heavy atom. The molecule has 2 amide bonds. The fourth-order valence-electron chi connectivity index (χ4n) is 4.54. The first-order chi connectivity index (χ1) is 20.9. The van der Waals surface area contributed by atoms with E-state index in [0.29, 0.717) is 11.3 Å². The van der Waals surface area contributed by atoms with E-state index >= 15 is 0 Å². The van der Waals surface area contributed by atoms with Gasteiger partial charge in [-0.1, -0.05) is 84.9 Å². The normalized spacial score (nSPS) is 12.8. The number of ether oxygens (including phenoxy) is 1. The van der Waals surface area contributed by atoms with Crippen LogP contribution in [-0.2, 0) is 16.0 Å². The predicted octanol–water partition coefficient (Wildman–Crippen LogP) is 5.69. The van der Waals surface area contributed by atoms with Crippen LogP contribution in [0.25, 0.3) is 23.1 Å². The molecule has 0 spiro atoms. The van der Waals surface area contributed by atoms with Crippen molar-refractivity contribution in [3.05, 3.63) is 132 Å². The van der Waals surface area contributed by atoms with Crippen LogP contribution in [0.3, 0.4) is 0 Å². The second-order valence-corrected chi connectivity index (χ2v) is 10.0. The first kappa shape index (κ1) is 28.9. The highest BCUT2D eigenvalue weighted by Crippen LogP contribution is 2.20. The maximum Gasteiger partial charge on any atom is 0.262 e. The van der Waals surface area contributed by atoms with Gasteiger partial charge in [-0.2, -0.15) is 5.10 Å². The minimum Gasteiger partial charge on any atom is -0.508 e. The van der Waals surface area contributed by atoms with Crippen molar-refractivity contribution in [2.24, 2.45) is 5.10 Å². The number of rotatable bonds is 11. The molecule has 0 radical (unpaired) electrons. The number of H-pyrrole nitrogens is 1. The molecule has 216 valence electrons. The van der Waals surface area contributed by atoms with Gasteiger partial charge in [0.1, 0.15) is 17.5 Å². The number of aromatic nitrogens is 1. The minimum atomic E-state index is -0.926. The molecule has 0 saturated carbocycles. The highest BCUT2D eigenvalue weighted by molar-refractivity contribution is 5.91. The molecule has 1 aromatic heterocycles. The Morgan fingerprint density at radius 2 is 1.56 bits per heavy atom. The van der Waals surface area contributed by atoms with Gasteiger partial charge < -0.3 is 20.1 Å². The van der Waals surface area contributed by atoms with Gasteiger partial charge in [0, 0.05) is 23.5 Å². The molecule has 2 atom stereocenters. The van der Waals surface area contributed by atoms with Crippen LogP contribution < -0.4 is 15.5 Å². The number of phenols is 1. The van der Waals surface area contributed by atoms with Crippen molar-refractivity contribution >= 4 is 41.1 Å². The Balaban J connectivity index is 1.25. The Hall–Kier alpha value is -5.63. The zero-order valence-electron chi connectivity index (χ0n) is 23.6. The highest BCUT2D eigenvalue weighted by Gasteiger charge is 2.25. The third-order valence-electron chi connectivity index (χ3n) is 6.82. The number of fused-ring (bicyclic) bond motifs is 1. The van der Waals surface area contributed by atoms with Crippen molar-refractivity contribution in [1.82, 2.24) is 15.7 Å². The van der Waals surface area contributed by atoms with Crippen molar-refractivity contribution < 1.29 is 19.4 Å². The van der Waals surface area contributed by atoms with E-state index in [-0.39, 0.29) is 12.2 Å². The second kappa shape index (κ2) is 13.8. The topological polar surface area (TPSA) is 116 Å². The molecule has 8 heteroatoms. The third kappa shape index (κ3) is 7.98. The molecule has 4 aromatic carbocycles. The van der Waals surface area contributed by atoms with Crippen LogP contribution in [0.2, 0.25) is 0 Å². The van der Waals surface area contributed by atoms with Gasteiger partial charge in [0.15, 0.2) is 6.10 Å². The molecule has 0 saturated heterocycles. The van der Waals surface area contributed by atoms with Crippen molar-refractivity contribution in [2.45, 2.75) is 25.5 Å². The SMILES string of the molecule is CC(Oc1ccc(/C=C/c2ccccc2)cc1)C(=O)N[C@@H](Cc1c[nH]c2ccccc12)C(=O)N/N=C/c1cccc(O)c1. The molecule has 1 heterocycles. The van der Waals surface area contributed by atoms with Crippen LogP contribution in [0.15, 0.2) is 114 Å². The molecular weight excluding hydrogens is 540 g/mol. The maximum absolute atomic E-state index is 13.2. The van der Waals surface area contributed by atoms with E-state index in [2.05, 4.69) is 20.8 Å². The number of nitrogens with one attached hydrogen (secondary N) is 3. The van der Waals surface area contributed by atoms with Crippen LogP contribution in [0, 0.1) is 0 Å². The number of hydrogen-bond acceptors (Lipinski definition) is 5. The van der Waals surface area contributed by atoms with Crippen LogP contribution in [-0.4, -0.2) is 40.3 Å². The van der Waals surface area contributed by atoms with E-state index in [1.54, 1.807) is 37.3 Å². The zero-order valence-corrected chi connectivity index (χ0v) is 23.6. The summed E-state index contributed by atoms with van der Waals surface area (Å²) in [4.78, 5) is 29.7. The smallest absolute Gasteiger partial charge is 0.262 e. The molecule has 5 aromatic rings. The van der Waals surface area contributed by atoms with E-state index in [1.165, 1.54) is 12.3 Å². The fourth-order valence-corrected chi connectivity index (χ4v) is 4.54. The molecule has 0 bridgehead atoms. The van der Waals surface area contributed by atoms with Crippen molar-refractivity contribution in [3.63, 3.8) is 0 Å². The van der Waals surface area contributed by atoms with E-state index in [4.69, 9.17) is 4.74 Å². The zero-order chi connectivity index (χ0) is 30.0. The summed E-state index contributed by atoms with van der Waals surface area (Å²) < 4.78 is 5.90. The summed E-state index contributed by atoms with van der Waals surface area (Å²) in [5.41, 5.74) is 7.03. The summed E-state index contributed by atoms with van der Waals surface area (Å²) >= 11 is 0. The fraction of sp³-hybridized carbons (Fsp3) is 0.114. The molecule has 0 aliphatic carbocycles. The molecule has 1 unspecified atom stereocenters. The summed E-state index contributed by atoms with van der Waals surface area (Å²) in [5.74, 6) is -0.304. The van der Waals surface area contributed by atoms with Gasteiger partial charge in [0.2, 0.25) is 0 Å². The number of hydrogen-bond donors (Lipinski definition) is 4. The van der Waals surface area contributed by atoms with Crippen LogP contribution in [0.5, 0.6) is 11.5 Å². The van der Waals surface area contributed by atoms with E-state index < -0.39 is 24.0 Å². The van der Waals surface area contributed by atoms with E-state index in [9.17, 15) is 14.7 Å². The highest BCUT2D eigenvalue weighted by atomic mass is 16.5. The van der Waals surface area contributed by atoms with Crippen molar-refractivity contribution in [1.29, 1.82) is 0 Å². The largest absolute Gasteiger partial charge is 0.508 e. The molecule has 5 rings (SSSR count). The molecular formula is C35H32N4O4. The van der Waals surface area contributed by atoms with Crippen LogP contribution in [0.1, 0.15) is 29.2 Å². The number of aromatic amines is 1. The second-order valence-electron chi connectivity index (χ2n) is 10.0. The number of nitrogens with zero attached hydrogens (tertiary/aromatic N) is 1. The lowest BCUT2D eigenvalue weighted by Gasteiger charge is -2.20. The molecule has 0 aliphatic heterocycles. The average molecular weight is 573 g/mol. The van der Waals surface area contributed by atoms with Crippen molar-refractivity contribution in [2.75, 3.05) is 0 Å². The molecule has 8 nitrogen and oxygen atoms in total. The predicted molar refractivity (Wildman–Crippen MR) is 170 cm³/mol. The Labute approximate surface area is 249 Å². The molecule has 4 N–H and O–H groups in total. The van der Waals surface area contributed by atoms with E-state index in [1.807, 2.05) is 85.1 Å². The number of hydrazone groups is 1. The number of phenolic OH excluding ortho intramolecular Hbond substituents is 1. The summed E-state index contributed by atoms with van der Waals surface area (Å²) in [5, 5.41) is 17.5. The van der Waals surface area contributed by atoms with Gasteiger partial charge in [0.25, 0.3) is 11.8 Å². The van der Waals surface area contributed by atoms with Crippen LogP contribution >= 0.6 is 0 Å². The average Bonchev–Trinajstić information content (AvgIpc) is 3.43. The monoisotopic (exact) mass is 572 g/mol. The van der Waals surface area contributed by atoms with Gasteiger partial charge >= 0.3 is 0 Å². The lowest BCUT2D eigenvalue weighted by Crippen LogP contribution is -2.50. The maximum atomic E-state index is 13.2. The Morgan fingerprint density at radius 1 is 0.860 bits per heavy atom. The number of amides is 2. The summed E-state index contributed by atoms with van der Waals surface area (Å²) in [6.07, 6.45) is 6.66. The summed E-state index contributed by atoms with van der Waals surface area (Å²) in [7, 11) is 0. The van der Waals surface area contributed by atoms with Crippen molar-refractivity contribution in [3.8, 4) is 11.5 Å². The molecule has 43 heavy (non-hydrogen) atoms. The Bertz CT molecular complexity index is 1740. The van der Waals surface area contributed by atoms with Gasteiger partial charge in [-0.3, -0.25) is 9.59 Å². The first-order valence-corrected chi connectivity index (χ1v) is 13.9. The van der Waals surface area contributed by atoms with Crippen LogP contribution in [0.4, 0.5) is 0 Å². The number of para-hydroxylation sites is 1. The number of aromatic hydroxyl groups is 1. The number of benzene rings is 4. The first-order valence-electron chi connectivity index (χ1n) is 13.9. The van der Waals surface area contributed by atoms with E-state index in [0.717, 1.165) is 27.6 Å². The van der Waals surface area contributed by atoms with Gasteiger partial charge in [-0.15, -0.1) is 0 Å². The number of carbonyl (C=O) groups is 2. The standard InChI is InChI=1S/C35H32N4O4/c1-24(43-30-18-16-26(17-19-30)15-14-25-8-3-2-4-9-25)34(41)38-33(21-28-23-36-32-13-6-5-12-31(28)32)35(42)39-37-22-27-10-7-11-29(40)20-27/h2-20,22-24,33,36,40H,21H2,1H3,(H,38,41)(H,39,42)/b15-14+,37-22+/t24?,33-/m0/s1. The quantitative estimate of drug-likeness (QED) is 0.0925.